The van der Waals surface area contributed by atoms with Gasteiger partial charge >= 0.3 is 0 Å². The van der Waals surface area contributed by atoms with Crippen LogP contribution in [-0.2, 0) is 29.2 Å². The van der Waals surface area contributed by atoms with Gasteiger partial charge in [0.1, 0.15) is 29.6 Å². The molecule has 1 atom stereocenters. The molecule has 0 bridgehead atoms. The zero-order chi connectivity index (χ0) is 24.0. The minimum Gasteiger partial charge on any atom is -0.467 e. The van der Waals surface area contributed by atoms with Crippen LogP contribution in [0.3, 0.4) is 0 Å². The van der Waals surface area contributed by atoms with Crippen molar-refractivity contribution in [2.45, 2.75) is 25.7 Å². The predicted molar refractivity (Wildman–Crippen MR) is 124 cm³/mol. The van der Waals surface area contributed by atoms with Crippen molar-refractivity contribution in [3.8, 4) is 0 Å². The van der Waals surface area contributed by atoms with E-state index in [2.05, 4.69) is 20.6 Å². The first kappa shape index (κ1) is 22.1. The fourth-order valence-electron chi connectivity index (χ4n) is 3.84. The first-order chi connectivity index (χ1) is 17.2. The largest absolute Gasteiger partial charge is 0.467 e. The van der Waals surface area contributed by atoms with Crippen LogP contribution in [0.4, 0.5) is 0 Å². The molecule has 10 heteroatoms. The molecule has 4 heterocycles. The Labute approximate surface area is 200 Å². The van der Waals surface area contributed by atoms with E-state index in [9.17, 15) is 9.59 Å². The summed E-state index contributed by atoms with van der Waals surface area (Å²) in [4.78, 5) is 32.8. The third-order valence-corrected chi connectivity index (χ3v) is 5.51. The summed E-state index contributed by atoms with van der Waals surface area (Å²) in [5.74, 6) is 0.424. The number of carbonyl (C=O) groups is 2. The fraction of sp³-hybridized carbons (Fsp3) is 0.160. The number of benzene rings is 1. The number of nitrogens with one attached hydrogen (secondary N) is 1. The molecule has 4 aromatic heterocycles. The van der Waals surface area contributed by atoms with E-state index < -0.39 is 6.04 Å². The van der Waals surface area contributed by atoms with Gasteiger partial charge in [0, 0.05) is 18.0 Å². The highest BCUT2D eigenvalue weighted by atomic mass is 16.3. The predicted octanol–water partition coefficient (Wildman–Crippen LogP) is 3.10. The maximum Gasteiger partial charge on any atom is 0.247 e. The number of aromatic nitrogens is 4. The number of pyridine rings is 1. The van der Waals surface area contributed by atoms with Gasteiger partial charge in [0.2, 0.25) is 11.8 Å². The first-order valence-corrected chi connectivity index (χ1v) is 11.0. The van der Waals surface area contributed by atoms with Gasteiger partial charge in [-0.25, -0.2) is 4.68 Å². The molecule has 0 fully saturated rings. The molecule has 0 saturated carbocycles. The second-order valence-corrected chi connectivity index (χ2v) is 7.82. The molecule has 1 aromatic carbocycles. The van der Waals surface area contributed by atoms with Gasteiger partial charge in [-0.3, -0.25) is 14.6 Å². The molecular formula is C25H22N6O4. The van der Waals surface area contributed by atoms with Gasteiger partial charge in [0.15, 0.2) is 0 Å². The molecule has 0 aliphatic rings. The Morgan fingerprint density at radius 1 is 0.971 bits per heavy atom. The summed E-state index contributed by atoms with van der Waals surface area (Å²) in [7, 11) is 0. The SMILES string of the molecule is O=C(NCc1ccco1)[C@H](c1cccnc1)N(Cc1ccco1)C(=O)Cn1nnc2ccccc21. The Bertz CT molecular complexity index is 1400. The van der Waals surface area contributed by atoms with E-state index >= 15 is 0 Å². The molecule has 0 unspecified atom stereocenters. The summed E-state index contributed by atoms with van der Waals surface area (Å²) < 4.78 is 12.4. The van der Waals surface area contributed by atoms with E-state index in [1.165, 1.54) is 22.1 Å². The van der Waals surface area contributed by atoms with Gasteiger partial charge in [-0.1, -0.05) is 23.4 Å². The number of carbonyl (C=O) groups excluding carboxylic acids is 2. The van der Waals surface area contributed by atoms with Crippen molar-refractivity contribution < 1.29 is 18.4 Å². The smallest absolute Gasteiger partial charge is 0.247 e. The molecule has 35 heavy (non-hydrogen) atoms. The Balaban J connectivity index is 1.48. The zero-order valence-corrected chi connectivity index (χ0v) is 18.7. The number of amides is 2. The van der Waals surface area contributed by atoms with Gasteiger partial charge in [-0.05, 0) is 42.5 Å². The van der Waals surface area contributed by atoms with E-state index in [4.69, 9.17) is 8.83 Å². The van der Waals surface area contributed by atoms with Crippen LogP contribution in [0.2, 0.25) is 0 Å². The third kappa shape index (κ3) is 4.96. The van der Waals surface area contributed by atoms with Crippen LogP contribution < -0.4 is 5.32 Å². The molecule has 0 saturated heterocycles. The summed E-state index contributed by atoms with van der Waals surface area (Å²) in [6, 6.07) is 16.9. The molecule has 176 valence electrons. The molecule has 5 aromatic rings. The summed E-state index contributed by atoms with van der Waals surface area (Å²) in [6.07, 6.45) is 6.25. The minimum atomic E-state index is -0.967. The van der Waals surface area contributed by atoms with E-state index in [0.717, 1.165) is 5.52 Å². The monoisotopic (exact) mass is 470 g/mol. The van der Waals surface area contributed by atoms with Gasteiger partial charge in [-0.15, -0.1) is 5.10 Å². The molecule has 2 amide bonds. The molecule has 0 aliphatic heterocycles. The molecular weight excluding hydrogens is 448 g/mol. The Morgan fingerprint density at radius 2 is 1.77 bits per heavy atom. The van der Waals surface area contributed by atoms with Crippen LogP contribution in [0.25, 0.3) is 11.0 Å². The maximum atomic E-state index is 13.7. The summed E-state index contributed by atoms with van der Waals surface area (Å²) in [6.45, 7) is 0.148. The number of fused-ring (bicyclic) bond motifs is 1. The van der Waals surface area contributed by atoms with Crippen LogP contribution in [0.1, 0.15) is 23.1 Å². The van der Waals surface area contributed by atoms with Crippen LogP contribution in [0, 0.1) is 0 Å². The third-order valence-electron chi connectivity index (χ3n) is 5.51. The minimum absolute atomic E-state index is 0.0756. The molecule has 0 aliphatic carbocycles. The lowest BCUT2D eigenvalue weighted by Gasteiger charge is -2.30. The van der Waals surface area contributed by atoms with E-state index in [0.29, 0.717) is 22.6 Å². The van der Waals surface area contributed by atoms with Crippen molar-refractivity contribution in [3.05, 3.63) is 103 Å². The van der Waals surface area contributed by atoms with Gasteiger partial charge in [-0.2, -0.15) is 0 Å². The Morgan fingerprint density at radius 3 is 2.51 bits per heavy atom. The zero-order valence-electron chi connectivity index (χ0n) is 18.7. The number of furan rings is 2. The highest BCUT2D eigenvalue weighted by molar-refractivity contribution is 5.89. The van der Waals surface area contributed by atoms with E-state index in [1.54, 1.807) is 48.8 Å². The average molecular weight is 470 g/mol. The highest BCUT2D eigenvalue weighted by Gasteiger charge is 2.33. The first-order valence-electron chi connectivity index (χ1n) is 11.0. The maximum absolute atomic E-state index is 13.7. The molecule has 1 N–H and O–H groups in total. The quantitative estimate of drug-likeness (QED) is 0.352. The van der Waals surface area contributed by atoms with Crippen LogP contribution in [0.5, 0.6) is 0 Å². The molecule has 5 rings (SSSR count). The van der Waals surface area contributed by atoms with Crippen molar-refractivity contribution in [1.29, 1.82) is 0 Å². The number of hydrogen-bond acceptors (Lipinski definition) is 7. The molecule has 10 nitrogen and oxygen atoms in total. The number of hydrogen-bond donors (Lipinski definition) is 1. The standard InChI is InChI=1S/C25H22N6O4/c32-23(17-31-22-10-2-1-9-21(22)28-29-31)30(16-20-8-5-13-35-20)24(18-6-3-11-26-14-18)25(33)27-15-19-7-4-12-34-19/h1-14,24H,15-17H2,(H,27,33)/t24-/m0/s1. The van der Waals surface area contributed by atoms with Gasteiger partial charge in [0.05, 0.1) is 31.1 Å². The number of nitrogens with zero attached hydrogens (tertiary/aromatic N) is 5. The lowest BCUT2D eigenvalue weighted by Crippen LogP contribution is -2.44. The van der Waals surface area contributed by atoms with Crippen molar-refractivity contribution in [2.75, 3.05) is 0 Å². The Kier molecular flexibility index (Phi) is 6.33. The second-order valence-electron chi connectivity index (χ2n) is 7.82. The average Bonchev–Trinajstić information content (AvgIpc) is 3.66. The van der Waals surface area contributed by atoms with Crippen LogP contribution in [-0.4, -0.2) is 36.7 Å². The summed E-state index contributed by atoms with van der Waals surface area (Å²) >= 11 is 0. The van der Waals surface area contributed by atoms with Crippen molar-refractivity contribution in [2.24, 2.45) is 0 Å². The highest BCUT2D eigenvalue weighted by Crippen LogP contribution is 2.24. The topological polar surface area (TPSA) is 119 Å². The Hall–Kier alpha value is -4.73. The normalized spacial score (nSPS) is 11.9. The van der Waals surface area contributed by atoms with Crippen LogP contribution >= 0.6 is 0 Å². The van der Waals surface area contributed by atoms with Gasteiger partial charge in [0.25, 0.3) is 0 Å². The fourth-order valence-corrected chi connectivity index (χ4v) is 3.84. The van der Waals surface area contributed by atoms with E-state index in [1.807, 2.05) is 24.3 Å². The summed E-state index contributed by atoms with van der Waals surface area (Å²) in [5, 5.41) is 11.1. The van der Waals surface area contributed by atoms with Crippen molar-refractivity contribution in [3.63, 3.8) is 0 Å². The van der Waals surface area contributed by atoms with Gasteiger partial charge < -0.3 is 19.1 Å². The molecule has 0 spiro atoms. The summed E-state index contributed by atoms with van der Waals surface area (Å²) in [5.41, 5.74) is 1.96. The number of rotatable bonds is 9. The lowest BCUT2D eigenvalue weighted by atomic mass is 10.1. The second kappa shape index (κ2) is 10.0. The van der Waals surface area contributed by atoms with Crippen molar-refractivity contribution >= 4 is 22.8 Å². The van der Waals surface area contributed by atoms with Crippen LogP contribution in [0.15, 0.2) is 94.4 Å². The lowest BCUT2D eigenvalue weighted by molar-refractivity contribution is -0.142. The van der Waals surface area contributed by atoms with Crippen molar-refractivity contribution in [1.82, 2.24) is 30.2 Å². The number of para-hydroxylation sites is 1. The van der Waals surface area contributed by atoms with E-state index in [-0.39, 0.29) is 31.4 Å². The molecule has 0 radical (unpaired) electrons.